The number of carbonyl (C=O) groups excluding carboxylic acids is 2. The number of rotatable bonds is 3. The molecule has 2 amide bonds. The Labute approximate surface area is 165 Å². The third kappa shape index (κ3) is 3.79. The lowest BCUT2D eigenvalue weighted by Gasteiger charge is -2.37. The second-order valence-electron chi connectivity index (χ2n) is 8.49. The van der Waals surface area contributed by atoms with Crippen LogP contribution in [0.3, 0.4) is 0 Å². The van der Waals surface area contributed by atoms with E-state index in [1.165, 1.54) is 30.6 Å². The fourth-order valence-electron chi connectivity index (χ4n) is 5.05. The van der Waals surface area contributed by atoms with E-state index >= 15 is 0 Å². The van der Waals surface area contributed by atoms with Gasteiger partial charge >= 0.3 is 0 Å². The van der Waals surface area contributed by atoms with Crippen molar-refractivity contribution in [1.29, 1.82) is 0 Å². The molecule has 6 heteroatoms. The van der Waals surface area contributed by atoms with Gasteiger partial charge in [0.15, 0.2) is 0 Å². The molecule has 27 heavy (non-hydrogen) atoms. The summed E-state index contributed by atoms with van der Waals surface area (Å²) in [5.74, 6) is 0.121. The molecule has 1 atom stereocenters. The molecule has 2 saturated heterocycles. The summed E-state index contributed by atoms with van der Waals surface area (Å²) in [5.41, 5.74) is 0.902. The van der Waals surface area contributed by atoms with Crippen LogP contribution in [0.4, 0.5) is 0 Å². The van der Waals surface area contributed by atoms with Crippen molar-refractivity contribution in [3.8, 4) is 0 Å². The first kappa shape index (κ1) is 18.9. The van der Waals surface area contributed by atoms with E-state index in [1.807, 2.05) is 23.3 Å². The molecule has 0 bridgehead atoms. The predicted octanol–water partition coefficient (Wildman–Crippen LogP) is 3.37. The van der Waals surface area contributed by atoms with Crippen LogP contribution in [0.2, 0.25) is 0 Å². The Balaban J connectivity index is 1.52. The number of likely N-dealkylation sites (tertiary alicyclic amines) is 1. The molecule has 1 N–H and O–H groups in total. The molecule has 0 radical (unpaired) electrons. The van der Waals surface area contributed by atoms with Crippen LogP contribution in [0.1, 0.15) is 60.2 Å². The number of ether oxygens (including phenoxy) is 1. The maximum atomic E-state index is 13.2. The molecular formula is C21H30N2O3S. The van der Waals surface area contributed by atoms with Crippen molar-refractivity contribution in [2.24, 2.45) is 11.3 Å². The van der Waals surface area contributed by atoms with Crippen molar-refractivity contribution in [3.63, 3.8) is 0 Å². The summed E-state index contributed by atoms with van der Waals surface area (Å²) in [5, 5.41) is 5.29. The lowest BCUT2D eigenvalue weighted by atomic mass is 9.71. The predicted molar refractivity (Wildman–Crippen MR) is 106 cm³/mol. The highest BCUT2D eigenvalue weighted by Gasteiger charge is 2.52. The summed E-state index contributed by atoms with van der Waals surface area (Å²) in [6.45, 7) is 4.57. The zero-order chi connectivity index (χ0) is 18.9. The summed E-state index contributed by atoms with van der Waals surface area (Å²) >= 11 is 1.50. The van der Waals surface area contributed by atoms with Gasteiger partial charge in [0.1, 0.15) is 0 Å². The smallest absolute Gasteiger partial charge is 0.264 e. The lowest BCUT2D eigenvalue weighted by Crippen LogP contribution is -2.47. The fraction of sp³-hybridized carbons (Fsp3) is 0.714. The quantitative estimate of drug-likeness (QED) is 0.861. The van der Waals surface area contributed by atoms with E-state index in [4.69, 9.17) is 4.74 Å². The normalized spacial score (nSPS) is 25.7. The summed E-state index contributed by atoms with van der Waals surface area (Å²) in [4.78, 5) is 29.0. The molecule has 1 aromatic heterocycles. The third-order valence-corrected chi connectivity index (χ3v) is 7.75. The molecule has 1 saturated carbocycles. The molecule has 0 aromatic carbocycles. The van der Waals surface area contributed by atoms with E-state index in [-0.39, 0.29) is 23.1 Å². The minimum atomic E-state index is -0.127. The van der Waals surface area contributed by atoms with Crippen LogP contribution in [0.15, 0.2) is 11.4 Å². The molecule has 4 rings (SSSR count). The first-order chi connectivity index (χ1) is 13.1. The molecule has 3 heterocycles. The minimum absolute atomic E-state index is 0.0846. The number of carbonyl (C=O) groups is 2. The first-order valence-corrected chi connectivity index (χ1v) is 11.2. The van der Waals surface area contributed by atoms with Crippen molar-refractivity contribution in [1.82, 2.24) is 10.2 Å². The van der Waals surface area contributed by atoms with Crippen LogP contribution in [-0.2, 0) is 9.53 Å². The van der Waals surface area contributed by atoms with E-state index in [9.17, 15) is 9.59 Å². The number of hydrogen-bond acceptors (Lipinski definition) is 4. The highest BCUT2D eigenvalue weighted by Crippen LogP contribution is 2.45. The van der Waals surface area contributed by atoms with Gasteiger partial charge in [0.2, 0.25) is 5.91 Å². The number of aryl methyl sites for hydroxylation is 1. The molecule has 1 spiro atoms. The zero-order valence-corrected chi connectivity index (χ0v) is 17.0. The van der Waals surface area contributed by atoms with Gasteiger partial charge < -0.3 is 15.0 Å². The number of thiophene rings is 1. The van der Waals surface area contributed by atoms with Crippen molar-refractivity contribution in [3.05, 3.63) is 21.9 Å². The van der Waals surface area contributed by atoms with E-state index in [0.717, 1.165) is 36.1 Å². The highest BCUT2D eigenvalue weighted by molar-refractivity contribution is 7.12. The minimum Gasteiger partial charge on any atom is -0.381 e. The van der Waals surface area contributed by atoms with Crippen LogP contribution in [0.5, 0.6) is 0 Å². The highest BCUT2D eigenvalue weighted by atomic mass is 32.1. The maximum Gasteiger partial charge on any atom is 0.264 e. The summed E-state index contributed by atoms with van der Waals surface area (Å²) in [6.07, 6.45) is 7.59. The average Bonchev–Trinajstić information content (AvgIpc) is 3.27. The monoisotopic (exact) mass is 390 g/mol. The maximum absolute atomic E-state index is 13.2. The summed E-state index contributed by atoms with van der Waals surface area (Å²) < 4.78 is 5.59. The van der Waals surface area contributed by atoms with E-state index in [0.29, 0.717) is 32.3 Å². The number of nitrogens with zero attached hydrogens (tertiary/aromatic N) is 1. The van der Waals surface area contributed by atoms with Crippen molar-refractivity contribution in [2.75, 3.05) is 26.3 Å². The molecule has 3 fully saturated rings. The average molecular weight is 391 g/mol. The molecule has 148 valence electrons. The fourth-order valence-corrected chi connectivity index (χ4v) is 5.95. The first-order valence-electron chi connectivity index (χ1n) is 10.3. The van der Waals surface area contributed by atoms with E-state index in [2.05, 4.69) is 5.32 Å². The van der Waals surface area contributed by atoms with E-state index in [1.54, 1.807) is 0 Å². The second kappa shape index (κ2) is 7.92. The van der Waals surface area contributed by atoms with Crippen LogP contribution in [0.25, 0.3) is 0 Å². The Bertz CT molecular complexity index is 689. The Morgan fingerprint density at radius 2 is 1.96 bits per heavy atom. The molecule has 5 nitrogen and oxygen atoms in total. The molecule has 1 aromatic rings. The Kier molecular flexibility index (Phi) is 5.55. The molecule has 3 aliphatic rings. The van der Waals surface area contributed by atoms with Gasteiger partial charge in [-0.15, -0.1) is 11.3 Å². The SMILES string of the molecule is Cc1ccsc1C(=O)N1CC(C(=O)NC2CCCCC2)C2(CCOCC2)C1. The van der Waals surface area contributed by atoms with Gasteiger partial charge in [-0.3, -0.25) is 9.59 Å². The number of nitrogens with one attached hydrogen (secondary N) is 1. The van der Waals surface area contributed by atoms with Gasteiger partial charge in [-0.1, -0.05) is 19.3 Å². The number of hydrogen-bond donors (Lipinski definition) is 1. The van der Waals surface area contributed by atoms with E-state index < -0.39 is 0 Å². The Morgan fingerprint density at radius 1 is 1.22 bits per heavy atom. The lowest BCUT2D eigenvalue weighted by molar-refractivity contribution is -0.130. The number of amides is 2. The zero-order valence-electron chi connectivity index (χ0n) is 16.2. The van der Waals surface area contributed by atoms with Crippen LogP contribution in [-0.4, -0.2) is 49.1 Å². The third-order valence-electron chi connectivity index (χ3n) is 6.75. The Morgan fingerprint density at radius 3 is 2.63 bits per heavy atom. The molecular weight excluding hydrogens is 360 g/mol. The van der Waals surface area contributed by atoms with Gasteiger partial charge in [-0.2, -0.15) is 0 Å². The van der Waals surface area contributed by atoms with Crippen LogP contribution in [0, 0.1) is 18.3 Å². The van der Waals surface area contributed by atoms with Crippen molar-refractivity contribution >= 4 is 23.2 Å². The van der Waals surface area contributed by atoms with Crippen LogP contribution >= 0.6 is 11.3 Å². The topological polar surface area (TPSA) is 58.6 Å². The molecule has 1 aliphatic carbocycles. The van der Waals surface area contributed by atoms with Crippen molar-refractivity contribution in [2.45, 2.75) is 57.9 Å². The summed E-state index contributed by atoms with van der Waals surface area (Å²) in [7, 11) is 0. The van der Waals surface area contributed by atoms with Crippen LogP contribution < -0.4 is 5.32 Å². The van der Waals surface area contributed by atoms with Gasteiger partial charge in [0.25, 0.3) is 5.91 Å². The second-order valence-corrected chi connectivity index (χ2v) is 9.41. The standard InChI is InChI=1S/C21H30N2O3S/c1-15-7-12-27-18(15)20(25)23-13-17(21(14-23)8-10-26-11-9-21)19(24)22-16-5-3-2-4-6-16/h7,12,16-17H,2-6,8-11,13-14H2,1H3,(H,22,24). The van der Waals surface area contributed by atoms with Gasteiger partial charge in [-0.25, -0.2) is 0 Å². The molecule has 2 aliphatic heterocycles. The largest absolute Gasteiger partial charge is 0.381 e. The van der Waals surface area contributed by atoms with Crippen molar-refractivity contribution < 1.29 is 14.3 Å². The summed E-state index contributed by atoms with van der Waals surface area (Å²) in [6, 6.07) is 2.30. The van der Waals surface area contributed by atoms with Gasteiger partial charge in [0, 0.05) is 37.8 Å². The Hall–Kier alpha value is -1.40. The molecule has 1 unspecified atom stereocenters. The van der Waals surface area contributed by atoms with Gasteiger partial charge in [0.05, 0.1) is 10.8 Å². The van der Waals surface area contributed by atoms with Gasteiger partial charge in [-0.05, 0) is 49.6 Å².